The zero-order chi connectivity index (χ0) is 13.7. The normalized spacial score (nSPS) is 16.1. The van der Waals surface area contributed by atoms with E-state index in [2.05, 4.69) is 24.0 Å². The van der Waals surface area contributed by atoms with Crippen LogP contribution in [-0.2, 0) is 0 Å². The summed E-state index contributed by atoms with van der Waals surface area (Å²) in [4.78, 5) is 0. The number of methoxy groups -OCH3 is 1. The van der Waals surface area contributed by atoms with Crippen LogP contribution in [0.4, 0.5) is 0 Å². The number of rotatable bonds is 5. The van der Waals surface area contributed by atoms with Crippen LogP contribution in [0.1, 0.15) is 31.2 Å². The van der Waals surface area contributed by atoms with Crippen molar-refractivity contribution in [3.05, 3.63) is 35.9 Å². The van der Waals surface area contributed by atoms with E-state index in [1.165, 1.54) is 18.4 Å². The minimum Gasteiger partial charge on any atom is -0.493 e. The average molecular weight is 261 g/mol. The van der Waals surface area contributed by atoms with Gasteiger partial charge in [-0.1, -0.05) is 12.6 Å². The van der Waals surface area contributed by atoms with Gasteiger partial charge in [0.1, 0.15) is 6.61 Å². The van der Waals surface area contributed by atoms with E-state index in [0.717, 1.165) is 30.2 Å². The molecule has 1 aliphatic heterocycles. The van der Waals surface area contributed by atoms with E-state index >= 15 is 0 Å². The summed E-state index contributed by atoms with van der Waals surface area (Å²) in [6.07, 6.45) is 2.38. The van der Waals surface area contributed by atoms with Gasteiger partial charge < -0.3 is 14.8 Å². The largest absolute Gasteiger partial charge is 0.493 e. The molecule has 1 saturated heterocycles. The summed E-state index contributed by atoms with van der Waals surface area (Å²) in [6, 6.07) is 6.29. The van der Waals surface area contributed by atoms with Gasteiger partial charge in [-0.15, -0.1) is 0 Å². The third-order valence-corrected chi connectivity index (χ3v) is 3.47. The summed E-state index contributed by atoms with van der Waals surface area (Å²) in [5, 5.41) is 3.39. The van der Waals surface area contributed by atoms with Gasteiger partial charge >= 0.3 is 0 Å². The highest BCUT2D eigenvalue weighted by molar-refractivity contribution is 5.44. The molecule has 0 atom stereocenters. The first-order chi connectivity index (χ1) is 9.20. The fourth-order valence-corrected chi connectivity index (χ4v) is 2.41. The van der Waals surface area contributed by atoms with Crippen molar-refractivity contribution < 1.29 is 9.47 Å². The molecular formula is C16H23NO2. The second kappa shape index (κ2) is 6.62. The predicted molar refractivity (Wildman–Crippen MR) is 78.1 cm³/mol. The Labute approximate surface area is 115 Å². The topological polar surface area (TPSA) is 30.5 Å². The Balaban J connectivity index is 2.12. The molecule has 3 heteroatoms. The van der Waals surface area contributed by atoms with Gasteiger partial charge in [0.2, 0.25) is 0 Å². The van der Waals surface area contributed by atoms with Crippen LogP contribution in [0.3, 0.4) is 0 Å². The van der Waals surface area contributed by atoms with Gasteiger partial charge in [-0.25, -0.2) is 0 Å². The molecule has 1 aromatic rings. The van der Waals surface area contributed by atoms with Crippen molar-refractivity contribution in [2.75, 3.05) is 26.8 Å². The molecular weight excluding hydrogens is 238 g/mol. The smallest absolute Gasteiger partial charge is 0.161 e. The van der Waals surface area contributed by atoms with Gasteiger partial charge in [-0.3, -0.25) is 0 Å². The second-order valence-electron chi connectivity index (χ2n) is 5.18. The summed E-state index contributed by atoms with van der Waals surface area (Å²) in [5.74, 6) is 2.24. The number of hydrogen-bond acceptors (Lipinski definition) is 3. The lowest BCUT2D eigenvalue weighted by Gasteiger charge is -2.23. The van der Waals surface area contributed by atoms with Crippen molar-refractivity contribution in [2.24, 2.45) is 0 Å². The van der Waals surface area contributed by atoms with Crippen LogP contribution in [0.5, 0.6) is 11.5 Å². The molecule has 0 bridgehead atoms. The van der Waals surface area contributed by atoms with Crippen LogP contribution in [0.25, 0.3) is 0 Å². The van der Waals surface area contributed by atoms with E-state index in [9.17, 15) is 0 Å². The molecule has 3 nitrogen and oxygen atoms in total. The first kappa shape index (κ1) is 13.9. The van der Waals surface area contributed by atoms with E-state index in [1.807, 2.05) is 13.0 Å². The monoisotopic (exact) mass is 261 g/mol. The first-order valence-electron chi connectivity index (χ1n) is 6.86. The van der Waals surface area contributed by atoms with E-state index in [-0.39, 0.29) is 0 Å². The quantitative estimate of drug-likeness (QED) is 0.826. The molecule has 1 N–H and O–H groups in total. The van der Waals surface area contributed by atoms with Gasteiger partial charge in [0, 0.05) is 0 Å². The highest BCUT2D eigenvalue weighted by Crippen LogP contribution is 2.34. The maximum atomic E-state index is 5.69. The third kappa shape index (κ3) is 3.74. The Bertz CT molecular complexity index is 436. The third-order valence-electron chi connectivity index (χ3n) is 3.47. The maximum Gasteiger partial charge on any atom is 0.161 e. The van der Waals surface area contributed by atoms with Crippen LogP contribution >= 0.6 is 0 Å². The van der Waals surface area contributed by atoms with Crippen LogP contribution in [0.15, 0.2) is 30.4 Å². The minimum atomic E-state index is 0.531. The molecule has 1 fully saturated rings. The van der Waals surface area contributed by atoms with E-state index in [0.29, 0.717) is 12.5 Å². The lowest BCUT2D eigenvalue weighted by molar-refractivity contribution is 0.319. The van der Waals surface area contributed by atoms with Crippen LogP contribution in [-0.4, -0.2) is 26.8 Å². The molecule has 1 aliphatic rings. The number of piperidine rings is 1. The SMILES string of the molecule is C=C(C)COc1ccc(C2CCNCC2)cc1OC. The molecule has 0 aliphatic carbocycles. The predicted octanol–water partition coefficient (Wildman–Crippen LogP) is 3.12. The van der Waals surface area contributed by atoms with Gasteiger partial charge in [-0.05, 0) is 62.0 Å². The van der Waals surface area contributed by atoms with E-state index in [4.69, 9.17) is 9.47 Å². The van der Waals surface area contributed by atoms with Gasteiger partial charge in [0.05, 0.1) is 7.11 Å². The van der Waals surface area contributed by atoms with Gasteiger partial charge in [-0.2, -0.15) is 0 Å². The van der Waals surface area contributed by atoms with Crippen molar-refractivity contribution in [3.8, 4) is 11.5 Å². The zero-order valence-electron chi connectivity index (χ0n) is 11.9. The number of ether oxygens (including phenoxy) is 2. The van der Waals surface area contributed by atoms with Crippen molar-refractivity contribution in [2.45, 2.75) is 25.7 Å². The van der Waals surface area contributed by atoms with E-state index < -0.39 is 0 Å². The second-order valence-corrected chi connectivity index (χ2v) is 5.18. The highest BCUT2D eigenvalue weighted by atomic mass is 16.5. The van der Waals surface area contributed by atoms with Crippen LogP contribution in [0.2, 0.25) is 0 Å². The summed E-state index contributed by atoms with van der Waals surface area (Å²) < 4.78 is 11.1. The Hall–Kier alpha value is -1.48. The first-order valence-corrected chi connectivity index (χ1v) is 6.86. The molecule has 104 valence electrons. The Morgan fingerprint density at radius 2 is 2.05 bits per heavy atom. The molecule has 0 aromatic heterocycles. The summed E-state index contributed by atoms with van der Waals surface area (Å²) in [5.41, 5.74) is 2.35. The molecule has 1 aromatic carbocycles. The average Bonchev–Trinajstić information content (AvgIpc) is 2.45. The highest BCUT2D eigenvalue weighted by Gasteiger charge is 2.17. The van der Waals surface area contributed by atoms with E-state index in [1.54, 1.807) is 7.11 Å². The fourth-order valence-electron chi connectivity index (χ4n) is 2.41. The zero-order valence-corrected chi connectivity index (χ0v) is 11.9. The molecule has 1 heterocycles. The summed E-state index contributed by atoms with van der Waals surface area (Å²) >= 11 is 0. The number of benzene rings is 1. The minimum absolute atomic E-state index is 0.531. The summed E-state index contributed by atoms with van der Waals surface area (Å²) in [6.45, 7) is 8.53. The molecule has 0 radical (unpaired) electrons. The molecule has 0 amide bonds. The number of nitrogens with one attached hydrogen (secondary N) is 1. The van der Waals surface area contributed by atoms with Crippen molar-refractivity contribution in [1.82, 2.24) is 5.32 Å². The number of hydrogen-bond donors (Lipinski definition) is 1. The lowest BCUT2D eigenvalue weighted by Crippen LogP contribution is -2.26. The standard InChI is InChI=1S/C16H23NO2/c1-12(2)11-19-15-5-4-14(10-16(15)18-3)13-6-8-17-9-7-13/h4-5,10,13,17H,1,6-9,11H2,2-3H3. The van der Waals surface area contributed by atoms with Gasteiger partial charge in [0.15, 0.2) is 11.5 Å². The van der Waals surface area contributed by atoms with Crippen LogP contribution < -0.4 is 14.8 Å². The van der Waals surface area contributed by atoms with Crippen LogP contribution in [0, 0.1) is 0 Å². The maximum absolute atomic E-state index is 5.69. The van der Waals surface area contributed by atoms with Crippen molar-refractivity contribution in [3.63, 3.8) is 0 Å². The molecule has 2 rings (SSSR count). The Morgan fingerprint density at radius 3 is 2.68 bits per heavy atom. The summed E-state index contributed by atoms with van der Waals surface area (Å²) in [7, 11) is 1.69. The molecule has 0 saturated carbocycles. The molecule has 0 spiro atoms. The van der Waals surface area contributed by atoms with Crippen molar-refractivity contribution in [1.29, 1.82) is 0 Å². The molecule has 0 unspecified atom stereocenters. The van der Waals surface area contributed by atoms with Gasteiger partial charge in [0.25, 0.3) is 0 Å². The fraction of sp³-hybridized carbons (Fsp3) is 0.500. The lowest BCUT2D eigenvalue weighted by atomic mass is 9.90. The Kier molecular flexibility index (Phi) is 4.86. The van der Waals surface area contributed by atoms with Crippen molar-refractivity contribution >= 4 is 0 Å². The molecule has 19 heavy (non-hydrogen) atoms. The Morgan fingerprint density at radius 1 is 1.32 bits per heavy atom.